The maximum Gasteiger partial charge on any atom is 0.390 e. The van der Waals surface area contributed by atoms with Gasteiger partial charge in [-0.1, -0.05) is 0 Å². The second-order valence-electron chi connectivity index (χ2n) is 3.97. The number of alkyl halides is 3. The molecular formula is C10H14F3N3O2S. The minimum Gasteiger partial charge on any atom is -0.373 e. The first-order valence-corrected chi connectivity index (χ1v) is 6.85. The molecule has 1 unspecified atom stereocenters. The van der Waals surface area contributed by atoms with Crippen molar-refractivity contribution in [1.29, 1.82) is 0 Å². The molecule has 0 saturated carbocycles. The molecule has 0 aliphatic rings. The lowest BCUT2D eigenvalue weighted by Crippen LogP contribution is -2.35. The van der Waals surface area contributed by atoms with Crippen molar-refractivity contribution in [2.75, 3.05) is 12.4 Å². The van der Waals surface area contributed by atoms with Crippen LogP contribution >= 0.6 is 0 Å². The summed E-state index contributed by atoms with van der Waals surface area (Å²) in [6.45, 7) is 1.15. The summed E-state index contributed by atoms with van der Waals surface area (Å²) < 4.78 is 61.9. The summed E-state index contributed by atoms with van der Waals surface area (Å²) in [5.74, 6) is 0.460. The fourth-order valence-electron chi connectivity index (χ4n) is 1.41. The third kappa shape index (κ3) is 5.03. The van der Waals surface area contributed by atoms with Gasteiger partial charge in [-0.25, -0.2) is 18.1 Å². The maximum absolute atomic E-state index is 12.1. The number of sulfonamides is 1. The van der Waals surface area contributed by atoms with Gasteiger partial charge in [-0.05, 0) is 19.1 Å². The van der Waals surface area contributed by atoms with E-state index < -0.39 is 28.7 Å². The molecule has 19 heavy (non-hydrogen) atoms. The van der Waals surface area contributed by atoms with Gasteiger partial charge in [-0.2, -0.15) is 13.2 Å². The fraction of sp³-hybridized carbons (Fsp3) is 0.500. The highest BCUT2D eigenvalue weighted by Crippen LogP contribution is 2.22. The predicted octanol–water partition coefficient (Wildman–Crippen LogP) is 1.74. The Hall–Kier alpha value is -1.35. The van der Waals surface area contributed by atoms with Crippen LogP contribution in [0.2, 0.25) is 0 Å². The molecule has 0 spiro atoms. The monoisotopic (exact) mass is 297 g/mol. The molecule has 0 aliphatic carbocycles. The Morgan fingerprint density at radius 3 is 2.42 bits per heavy atom. The van der Waals surface area contributed by atoms with Crippen LogP contribution in [0.25, 0.3) is 0 Å². The summed E-state index contributed by atoms with van der Waals surface area (Å²) in [6, 6.07) is 1.44. The Balaban J connectivity index is 2.80. The smallest absolute Gasteiger partial charge is 0.373 e. The second kappa shape index (κ2) is 5.74. The predicted molar refractivity (Wildman–Crippen MR) is 64.2 cm³/mol. The zero-order valence-corrected chi connectivity index (χ0v) is 11.1. The van der Waals surface area contributed by atoms with Crippen molar-refractivity contribution in [3.05, 3.63) is 18.3 Å². The Labute approximate surface area is 109 Å². The van der Waals surface area contributed by atoms with Gasteiger partial charge < -0.3 is 5.32 Å². The van der Waals surface area contributed by atoms with Crippen LogP contribution in [-0.2, 0) is 10.0 Å². The number of anilines is 1. The lowest BCUT2D eigenvalue weighted by molar-refractivity contribution is -0.137. The lowest BCUT2D eigenvalue weighted by atomic mass is 10.2. The van der Waals surface area contributed by atoms with Gasteiger partial charge in [0, 0.05) is 19.3 Å². The zero-order valence-electron chi connectivity index (χ0n) is 10.3. The van der Waals surface area contributed by atoms with E-state index in [0.29, 0.717) is 5.82 Å². The summed E-state index contributed by atoms with van der Waals surface area (Å²) in [7, 11) is -2.39. The van der Waals surface area contributed by atoms with E-state index in [4.69, 9.17) is 0 Å². The van der Waals surface area contributed by atoms with Crippen LogP contribution < -0.4 is 10.0 Å². The van der Waals surface area contributed by atoms with Crippen molar-refractivity contribution in [2.24, 2.45) is 0 Å². The first-order valence-electron chi connectivity index (χ1n) is 5.37. The molecule has 1 aromatic heterocycles. The molecule has 1 rings (SSSR count). The van der Waals surface area contributed by atoms with Gasteiger partial charge in [0.05, 0.1) is 6.42 Å². The SMILES string of the molecule is CNc1ccc(S(=O)(=O)NC(C)CC(F)(F)F)cn1. The highest BCUT2D eigenvalue weighted by atomic mass is 32.2. The van der Waals surface area contributed by atoms with Crippen LogP contribution in [0.5, 0.6) is 0 Å². The Morgan fingerprint density at radius 1 is 1.37 bits per heavy atom. The maximum atomic E-state index is 12.1. The number of hydrogen-bond donors (Lipinski definition) is 2. The van der Waals surface area contributed by atoms with Crippen LogP contribution in [0.4, 0.5) is 19.0 Å². The van der Waals surface area contributed by atoms with Crippen molar-refractivity contribution in [3.8, 4) is 0 Å². The van der Waals surface area contributed by atoms with Gasteiger partial charge in [-0.3, -0.25) is 0 Å². The van der Waals surface area contributed by atoms with Crippen molar-refractivity contribution >= 4 is 15.8 Å². The molecule has 0 amide bonds. The first kappa shape index (κ1) is 15.7. The van der Waals surface area contributed by atoms with E-state index in [2.05, 4.69) is 10.3 Å². The van der Waals surface area contributed by atoms with Gasteiger partial charge in [0.25, 0.3) is 0 Å². The number of rotatable bonds is 5. The summed E-state index contributed by atoms with van der Waals surface area (Å²) in [5.41, 5.74) is 0. The molecular weight excluding hydrogens is 283 g/mol. The summed E-state index contributed by atoms with van der Waals surface area (Å²) in [6.07, 6.45) is -4.57. The molecule has 9 heteroatoms. The van der Waals surface area contributed by atoms with E-state index in [9.17, 15) is 21.6 Å². The van der Waals surface area contributed by atoms with E-state index in [1.54, 1.807) is 7.05 Å². The standard InChI is InChI=1S/C10H14F3N3O2S/c1-7(5-10(11,12)13)16-19(17,18)8-3-4-9(14-2)15-6-8/h3-4,6-7,16H,5H2,1-2H3,(H,14,15). The molecule has 1 atom stereocenters. The number of halogens is 3. The van der Waals surface area contributed by atoms with Crippen LogP contribution in [-0.4, -0.2) is 32.7 Å². The quantitative estimate of drug-likeness (QED) is 0.868. The molecule has 5 nitrogen and oxygen atoms in total. The Morgan fingerprint density at radius 2 is 2.00 bits per heavy atom. The van der Waals surface area contributed by atoms with E-state index in [0.717, 1.165) is 13.1 Å². The second-order valence-corrected chi connectivity index (χ2v) is 5.68. The first-order chi connectivity index (χ1) is 8.64. The van der Waals surface area contributed by atoms with E-state index in [1.165, 1.54) is 12.1 Å². The highest BCUT2D eigenvalue weighted by molar-refractivity contribution is 7.89. The van der Waals surface area contributed by atoms with Gasteiger partial charge in [0.15, 0.2) is 0 Å². The van der Waals surface area contributed by atoms with Gasteiger partial charge >= 0.3 is 6.18 Å². The third-order valence-electron chi connectivity index (χ3n) is 2.20. The number of nitrogens with one attached hydrogen (secondary N) is 2. The zero-order chi connectivity index (χ0) is 14.7. The van der Waals surface area contributed by atoms with Crippen molar-refractivity contribution < 1.29 is 21.6 Å². The number of pyridine rings is 1. The third-order valence-corrected chi connectivity index (χ3v) is 3.77. The molecule has 0 aromatic carbocycles. The topological polar surface area (TPSA) is 71.1 Å². The fourth-order valence-corrected chi connectivity index (χ4v) is 2.60. The van der Waals surface area contributed by atoms with Crippen molar-refractivity contribution in [1.82, 2.24) is 9.71 Å². The largest absolute Gasteiger partial charge is 0.390 e. The molecule has 0 saturated heterocycles. The molecule has 0 radical (unpaired) electrons. The molecule has 1 heterocycles. The van der Waals surface area contributed by atoms with Crippen LogP contribution in [0.1, 0.15) is 13.3 Å². The molecule has 108 valence electrons. The van der Waals surface area contributed by atoms with Crippen LogP contribution in [0.3, 0.4) is 0 Å². The van der Waals surface area contributed by atoms with Gasteiger partial charge in [0.1, 0.15) is 10.7 Å². The number of hydrogen-bond acceptors (Lipinski definition) is 4. The minimum absolute atomic E-state index is 0.180. The van der Waals surface area contributed by atoms with E-state index >= 15 is 0 Å². The number of nitrogens with zero attached hydrogens (tertiary/aromatic N) is 1. The average molecular weight is 297 g/mol. The molecule has 0 bridgehead atoms. The van der Waals surface area contributed by atoms with E-state index in [1.807, 2.05) is 4.72 Å². The normalized spacial score (nSPS) is 14.2. The molecule has 0 fully saturated rings. The lowest BCUT2D eigenvalue weighted by Gasteiger charge is -2.15. The number of aromatic nitrogens is 1. The van der Waals surface area contributed by atoms with Gasteiger partial charge in [-0.15, -0.1) is 0 Å². The summed E-state index contributed by atoms with van der Waals surface area (Å²) >= 11 is 0. The summed E-state index contributed by atoms with van der Waals surface area (Å²) in [5, 5.41) is 2.70. The average Bonchev–Trinajstić information content (AvgIpc) is 2.25. The van der Waals surface area contributed by atoms with Crippen molar-refractivity contribution in [3.63, 3.8) is 0 Å². The molecule has 2 N–H and O–H groups in total. The molecule has 1 aromatic rings. The summed E-state index contributed by atoms with van der Waals surface area (Å²) in [4.78, 5) is 3.61. The Kier molecular flexibility index (Phi) is 4.75. The van der Waals surface area contributed by atoms with Gasteiger partial charge in [0.2, 0.25) is 10.0 Å². The highest BCUT2D eigenvalue weighted by Gasteiger charge is 2.32. The van der Waals surface area contributed by atoms with Crippen LogP contribution in [0.15, 0.2) is 23.2 Å². The van der Waals surface area contributed by atoms with Crippen LogP contribution in [0, 0.1) is 0 Å². The minimum atomic E-state index is -4.42. The van der Waals surface area contributed by atoms with Crippen molar-refractivity contribution in [2.45, 2.75) is 30.5 Å². The Bertz CT molecular complexity index is 514. The van der Waals surface area contributed by atoms with E-state index in [-0.39, 0.29) is 4.90 Å². The molecule has 0 aliphatic heterocycles.